The number of nitrogens with one attached hydrogen (secondary N) is 1. The van der Waals surface area contributed by atoms with Crippen LogP contribution in [-0.2, 0) is 9.53 Å². The van der Waals surface area contributed by atoms with Crippen molar-refractivity contribution in [3.05, 3.63) is 0 Å². The lowest BCUT2D eigenvalue weighted by Crippen LogP contribution is -2.59. The highest BCUT2D eigenvalue weighted by atomic mass is 35.5. The van der Waals surface area contributed by atoms with Crippen LogP contribution in [0.15, 0.2) is 0 Å². The number of amides is 1. The first-order chi connectivity index (χ1) is 10.2. The Bertz CT molecular complexity index is 325. The first kappa shape index (κ1) is 19.7. The summed E-state index contributed by atoms with van der Waals surface area (Å²) in [6, 6.07) is 0. The molecule has 5 nitrogen and oxygen atoms in total. The molecular formula is C16H32ClN3O2. The third-order valence-corrected chi connectivity index (χ3v) is 5.19. The standard InChI is InChI=1S/C16H31N3O2.ClH/c1-21-14(12-17)15(20)18-13-16(8-4-2-5-9-16)19-10-6-3-7-11-19;/h14H,2-13,17H2,1H3,(H,18,20);1H. The van der Waals surface area contributed by atoms with Crippen LogP contribution in [0.1, 0.15) is 51.4 Å². The van der Waals surface area contributed by atoms with Gasteiger partial charge in [-0.25, -0.2) is 0 Å². The van der Waals surface area contributed by atoms with Gasteiger partial charge in [-0.1, -0.05) is 25.7 Å². The molecule has 3 N–H and O–H groups in total. The number of hydrogen-bond acceptors (Lipinski definition) is 4. The lowest BCUT2D eigenvalue weighted by Gasteiger charge is -2.48. The molecule has 22 heavy (non-hydrogen) atoms. The van der Waals surface area contributed by atoms with E-state index in [4.69, 9.17) is 10.5 Å². The summed E-state index contributed by atoms with van der Waals surface area (Å²) in [6.45, 7) is 3.34. The van der Waals surface area contributed by atoms with Crippen LogP contribution in [0.5, 0.6) is 0 Å². The Hall–Kier alpha value is -0.360. The summed E-state index contributed by atoms with van der Waals surface area (Å²) in [7, 11) is 1.54. The van der Waals surface area contributed by atoms with Gasteiger partial charge >= 0.3 is 0 Å². The van der Waals surface area contributed by atoms with E-state index in [9.17, 15) is 4.79 Å². The molecule has 1 amide bonds. The van der Waals surface area contributed by atoms with Crippen molar-refractivity contribution in [2.45, 2.75) is 63.0 Å². The van der Waals surface area contributed by atoms with E-state index in [0.29, 0.717) is 0 Å². The molecule has 2 aliphatic rings. The molecule has 1 aliphatic heterocycles. The number of nitrogens with two attached hydrogens (primary N) is 1. The Balaban J connectivity index is 0.00000242. The molecule has 1 heterocycles. The number of likely N-dealkylation sites (tertiary alicyclic amines) is 1. The van der Waals surface area contributed by atoms with Gasteiger partial charge in [0.1, 0.15) is 6.10 Å². The maximum absolute atomic E-state index is 12.1. The molecule has 130 valence electrons. The SMILES string of the molecule is COC(CN)C(=O)NCC1(N2CCCCC2)CCCCC1.Cl. The van der Waals surface area contributed by atoms with Crippen molar-refractivity contribution in [2.24, 2.45) is 5.73 Å². The van der Waals surface area contributed by atoms with E-state index >= 15 is 0 Å². The second kappa shape index (κ2) is 9.71. The van der Waals surface area contributed by atoms with Crippen molar-refractivity contribution in [3.8, 4) is 0 Å². The smallest absolute Gasteiger partial charge is 0.250 e. The molecule has 1 unspecified atom stereocenters. The van der Waals surface area contributed by atoms with E-state index in [-0.39, 0.29) is 30.4 Å². The van der Waals surface area contributed by atoms with Gasteiger partial charge < -0.3 is 15.8 Å². The summed E-state index contributed by atoms with van der Waals surface area (Å²) in [5, 5.41) is 3.11. The van der Waals surface area contributed by atoms with Crippen LogP contribution in [0.4, 0.5) is 0 Å². The van der Waals surface area contributed by atoms with Gasteiger partial charge in [0.25, 0.3) is 5.91 Å². The molecule has 0 spiro atoms. The first-order valence-electron chi connectivity index (χ1n) is 8.47. The van der Waals surface area contributed by atoms with Gasteiger partial charge in [0.05, 0.1) is 0 Å². The highest BCUT2D eigenvalue weighted by molar-refractivity contribution is 5.85. The third kappa shape index (κ3) is 4.82. The quantitative estimate of drug-likeness (QED) is 0.776. The fraction of sp³-hybridized carbons (Fsp3) is 0.938. The number of methoxy groups -OCH3 is 1. The van der Waals surface area contributed by atoms with Crippen LogP contribution >= 0.6 is 12.4 Å². The number of ether oxygens (including phenoxy) is 1. The van der Waals surface area contributed by atoms with Crippen LogP contribution in [0.3, 0.4) is 0 Å². The van der Waals surface area contributed by atoms with Crippen molar-refractivity contribution < 1.29 is 9.53 Å². The zero-order chi connectivity index (χ0) is 15.1. The molecule has 1 saturated heterocycles. The fourth-order valence-corrected chi connectivity index (χ4v) is 3.86. The summed E-state index contributed by atoms with van der Waals surface area (Å²) >= 11 is 0. The Morgan fingerprint density at radius 3 is 2.32 bits per heavy atom. The summed E-state index contributed by atoms with van der Waals surface area (Å²) in [4.78, 5) is 14.8. The van der Waals surface area contributed by atoms with Gasteiger partial charge in [-0.05, 0) is 38.8 Å². The number of halogens is 1. The Morgan fingerprint density at radius 1 is 1.18 bits per heavy atom. The second-order valence-corrected chi connectivity index (χ2v) is 6.51. The van der Waals surface area contributed by atoms with Gasteiger partial charge in [0.15, 0.2) is 0 Å². The van der Waals surface area contributed by atoms with Crippen LogP contribution in [0.25, 0.3) is 0 Å². The third-order valence-electron chi connectivity index (χ3n) is 5.19. The molecule has 0 bridgehead atoms. The topological polar surface area (TPSA) is 67.6 Å². The van der Waals surface area contributed by atoms with E-state index in [1.165, 1.54) is 71.6 Å². The zero-order valence-corrected chi connectivity index (χ0v) is 14.6. The van der Waals surface area contributed by atoms with Crippen molar-refractivity contribution in [1.29, 1.82) is 0 Å². The maximum atomic E-state index is 12.1. The van der Waals surface area contributed by atoms with E-state index < -0.39 is 6.10 Å². The lowest BCUT2D eigenvalue weighted by atomic mass is 9.79. The van der Waals surface area contributed by atoms with Gasteiger partial charge in [0.2, 0.25) is 0 Å². The number of carbonyl (C=O) groups excluding carboxylic acids is 1. The molecule has 2 fully saturated rings. The maximum Gasteiger partial charge on any atom is 0.250 e. The molecule has 1 atom stereocenters. The molecule has 0 aromatic rings. The molecule has 0 aromatic carbocycles. The highest BCUT2D eigenvalue weighted by Crippen LogP contribution is 2.35. The van der Waals surface area contributed by atoms with Crippen LogP contribution in [0.2, 0.25) is 0 Å². The minimum Gasteiger partial charge on any atom is -0.370 e. The lowest BCUT2D eigenvalue weighted by molar-refractivity contribution is -0.131. The molecule has 0 aromatic heterocycles. The van der Waals surface area contributed by atoms with E-state index in [0.717, 1.165) is 6.54 Å². The molecular weight excluding hydrogens is 302 g/mol. The van der Waals surface area contributed by atoms with Gasteiger partial charge in [-0.15, -0.1) is 12.4 Å². The van der Waals surface area contributed by atoms with E-state index in [1.54, 1.807) is 0 Å². The molecule has 6 heteroatoms. The van der Waals surface area contributed by atoms with Gasteiger partial charge in [0, 0.05) is 25.7 Å². The van der Waals surface area contributed by atoms with Gasteiger partial charge in [-0.3, -0.25) is 9.69 Å². The van der Waals surface area contributed by atoms with Crippen LogP contribution in [0, 0.1) is 0 Å². The monoisotopic (exact) mass is 333 g/mol. The van der Waals surface area contributed by atoms with Crippen molar-refractivity contribution in [2.75, 3.05) is 33.3 Å². The fourth-order valence-electron chi connectivity index (χ4n) is 3.86. The number of carbonyl (C=O) groups is 1. The predicted molar refractivity (Wildman–Crippen MR) is 91.3 cm³/mol. The largest absolute Gasteiger partial charge is 0.370 e. The predicted octanol–water partition coefficient (Wildman–Crippen LogP) is 1.69. The summed E-state index contributed by atoms with van der Waals surface area (Å²) < 4.78 is 5.13. The molecule has 2 rings (SSSR count). The number of nitrogens with zero attached hydrogens (tertiary/aromatic N) is 1. The van der Waals surface area contributed by atoms with Crippen molar-refractivity contribution >= 4 is 18.3 Å². The Morgan fingerprint density at radius 2 is 1.77 bits per heavy atom. The summed E-state index contributed by atoms with van der Waals surface area (Å²) in [5.41, 5.74) is 5.74. The van der Waals surface area contributed by atoms with Crippen LogP contribution < -0.4 is 11.1 Å². The Labute approximate surface area is 140 Å². The summed E-state index contributed by atoms with van der Waals surface area (Å²) in [6.07, 6.45) is 9.69. The second-order valence-electron chi connectivity index (χ2n) is 6.51. The summed E-state index contributed by atoms with van der Waals surface area (Å²) in [5.74, 6) is -0.0676. The number of piperidine rings is 1. The average molecular weight is 334 g/mol. The van der Waals surface area contributed by atoms with E-state index in [2.05, 4.69) is 10.2 Å². The average Bonchev–Trinajstić information content (AvgIpc) is 2.56. The van der Waals surface area contributed by atoms with Crippen molar-refractivity contribution in [1.82, 2.24) is 10.2 Å². The minimum absolute atomic E-state index is 0. The zero-order valence-electron chi connectivity index (χ0n) is 13.8. The molecule has 1 aliphatic carbocycles. The van der Waals surface area contributed by atoms with Gasteiger partial charge in [-0.2, -0.15) is 0 Å². The minimum atomic E-state index is -0.521. The molecule has 1 saturated carbocycles. The highest BCUT2D eigenvalue weighted by Gasteiger charge is 2.38. The number of hydrogen-bond donors (Lipinski definition) is 2. The molecule has 0 radical (unpaired) electrons. The normalized spacial score (nSPS) is 23.4. The van der Waals surface area contributed by atoms with Crippen molar-refractivity contribution in [3.63, 3.8) is 0 Å². The number of rotatable bonds is 6. The Kier molecular flexibility index (Phi) is 8.69. The first-order valence-corrected chi connectivity index (χ1v) is 8.47. The van der Waals surface area contributed by atoms with E-state index in [1.807, 2.05) is 0 Å². The van der Waals surface area contributed by atoms with Crippen LogP contribution in [-0.4, -0.2) is 55.7 Å².